The normalized spacial score (nSPS) is 10.2. The van der Waals surface area contributed by atoms with E-state index in [1.165, 1.54) is 0 Å². The molecule has 0 atom stereocenters. The summed E-state index contributed by atoms with van der Waals surface area (Å²) >= 11 is 9.54. The summed E-state index contributed by atoms with van der Waals surface area (Å²) in [6.07, 6.45) is 1.73. The Kier molecular flexibility index (Phi) is 4.44. The summed E-state index contributed by atoms with van der Waals surface area (Å²) in [6.45, 7) is 0.645. The fourth-order valence-electron chi connectivity index (χ4n) is 1.48. The number of hydrogen-bond acceptors (Lipinski definition) is 3. The average molecular weight is 328 g/mol. The number of halogens is 2. The van der Waals surface area contributed by atoms with Crippen molar-refractivity contribution in [3.8, 4) is 5.88 Å². The molecule has 3 nitrogen and oxygen atoms in total. The van der Waals surface area contributed by atoms with Crippen LogP contribution in [-0.2, 0) is 6.54 Å². The van der Waals surface area contributed by atoms with Crippen LogP contribution in [0, 0.1) is 0 Å². The number of aromatic nitrogens is 1. The first kappa shape index (κ1) is 13.2. The van der Waals surface area contributed by atoms with E-state index in [0.717, 1.165) is 20.7 Å². The van der Waals surface area contributed by atoms with Gasteiger partial charge in [-0.15, -0.1) is 0 Å². The molecular weight excluding hydrogens is 316 g/mol. The summed E-state index contributed by atoms with van der Waals surface area (Å²) in [4.78, 5) is 4.12. The molecule has 18 heavy (non-hydrogen) atoms. The van der Waals surface area contributed by atoms with Gasteiger partial charge in [0.15, 0.2) is 0 Å². The number of rotatable bonds is 4. The quantitative estimate of drug-likeness (QED) is 0.917. The molecule has 0 bridgehead atoms. The van der Waals surface area contributed by atoms with Crippen LogP contribution >= 0.6 is 27.5 Å². The van der Waals surface area contributed by atoms with Gasteiger partial charge in [-0.25, -0.2) is 4.98 Å². The zero-order valence-electron chi connectivity index (χ0n) is 9.78. The van der Waals surface area contributed by atoms with Crippen LogP contribution in [0.4, 0.5) is 5.69 Å². The molecule has 0 radical (unpaired) electrons. The van der Waals surface area contributed by atoms with Crippen molar-refractivity contribution in [2.75, 3.05) is 12.4 Å². The van der Waals surface area contributed by atoms with Gasteiger partial charge in [0, 0.05) is 22.1 Å². The van der Waals surface area contributed by atoms with Gasteiger partial charge >= 0.3 is 0 Å². The molecular formula is C13H12BrClN2O. The van der Waals surface area contributed by atoms with Crippen LogP contribution in [0.5, 0.6) is 5.88 Å². The Hall–Kier alpha value is -1.26. The van der Waals surface area contributed by atoms with E-state index in [-0.39, 0.29) is 0 Å². The fourth-order valence-corrected chi connectivity index (χ4v) is 2.07. The third-order valence-electron chi connectivity index (χ3n) is 2.44. The Morgan fingerprint density at radius 3 is 2.83 bits per heavy atom. The predicted molar refractivity (Wildman–Crippen MR) is 77.3 cm³/mol. The Morgan fingerprint density at radius 2 is 2.17 bits per heavy atom. The van der Waals surface area contributed by atoms with Crippen LogP contribution in [0.2, 0.25) is 5.02 Å². The number of ether oxygens (including phenoxy) is 1. The van der Waals surface area contributed by atoms with E-state index < -0.39 is 0 Å². The van der Waals surface area contributed by atoms with Gasteiger partial charge in [-0.2, -0.15) is 0 Å². The number of anilines is 1. The molecule has 1 aromatic carbocycles. The molecule has 0 saturated heterocycles. The van der Waals surface area contributed by atoms with E-state index in [1.54, 1.807) is 13.3 Å². The Bertz CT molecular complexity index is 531. The predicted octanol–water partition coefficient (Wildman–Crippen LogP) is 4.12. The average Bonchev–Trinajstić information content (AvgIpc) is 2.40. The lowest BCUT2D eigenvalue weighted by atomic mass is 10.2. The van der Waals surface area contributed by atoms with E-state index in [1.807, 2.05) is 30.3 Å². The van der Waals surface area contributed by atoms with Gasteiger partial charge in [-0.05, 0) is 29.8 Å². The first-order valence-corrected chi connectivity index (χ1v) is 6.54. The minimum atomic E-state index is 0.598. The van der Waals surface area contributed by atoms with Gasteiger partial charge in [-0.3, -0.25) is 0 Å². The first-order valence-electron chi connectivity index (χ1n) is 5.37. The second-order valence-electron chi connectivity index (χ2n) is 3.68. The molecule has 0 fully saturated rings. The van der Waals surface area contributed by atoms with Crippen LogP contribution in [0.25, 0.3) is 0 Å². The van der Waals surface area contributed by atoms with E-state index in [4.69, 9.17) is 16.3 Å². The summed E-state index contributed by atoms with van der Waals surface area (Å²) in [7, 11) is 1.59. The Balaban J connectivity index is 2.04. The molecule has 0 spiro atoms. The molecule has 94 valence electrons. The maximum atomic E-state index is 6.11. The number of nitrogens with zero attached hydrogens (tertiary/aromatic N) is 1. The standard InChI is InChI=1S/C13H12BrClN2O/c1-18-13-5-3-11(8-17-13)16-7-9-6-10(14)2-4-12(9)15/h2-6,8,16H,7H2,1H3. The SMILES string of the molecule is COc1ccc(NCc2cc(Br)ccc2Cl)cn1. The molecule has 0 saturated carbocycles. The molecule has 1 N–H and O–H groups in total. The van der Waals surface area contributed by atoms with Gasteiger partial charge in [0.25, 0.3) is 0 Å². The van der Waals surface area contributed by atoms with Crippen LogP contribution in [0.1, 0.15) is 5.56 Å². The Morgan fingerprint density at radius 1 is 1.33 bits per heavy atom. The van der Waals surface area contributed by atoms with Crippen LogP contribution in [0.15, 0.2) is 41.0 Å². The number of hydrogen-bond donors (Lipinski definition) is 1. The highest BCUT2D eigenvalue weighted by atomic mass is 79.9. The van der Waals surface area contributed by atoms with Crippen molar-refractivity contribution in [2.45, 2.75) is 6.54 Å². The van der Waals surface area contributed by atoms with Crippen LogP contribution < -0.4 is 10.1 Å². The highest BCUT2D eigenvalue weighted by Gasteiger charge is 2.01. The molecule has 0 unspecified atom stereocenters. The van der Waals surface area contributed by atoms with Gasteiger partial charge in [0.1, 0.15) is 0 Å². The second kappa shape index (κ2) is 6.07. The molecule has 0 amide bonds. The minimum Gasteiger partial charge on any atom is -0.481 e. The van der Waals surface area contributed by atoms with E-state index in [0.29, 0.717) is 12.4 Å². The zero-order valence-corrected chi connectivity index (χ0v) is 12.1. The van der Waals surface area contributed by atoms with Crippen molar-refractivity contribution < 1.29 is 4.74 Å². The van der Waals surface area contributed by atoms with E-state index in [2.05, 4.69) is 26.2 Å². The number of pyridine rings is 1. The van der Waals surface area contributed by atoms with Gasteiger partial charge in [0.2, 0.25) is 5.88 Å². The second-order valence-corrected chi connectivity index (χ2v) is 5.00. The first-order chi connectivity index (χ1) is 8.69. The van der Waals surface area contributed by atoms with Gasteiger partial charge < -0.3 is 10.1 Å². The van der Waals surface area contributed by atoms with Crippen molar-refractivity contribution in [2.24, 2.45) is 0 Å². The molecule has 0 aliphatic rings. The van der Waals surface area contributed by atoms with Gasteiger partial charge in [-0.1, -0.05) is 27.5 Å². The molecule has 1 heterocycles. The zero-order chi connectivity index (χ0) is 13.0. The third-order valence-corrected chi connectivity index (χ3v) is 3.30. The smallest absolute Gasteiger partial charge is 0.213 e. The summed E-state index contributed by atoms with van der Waals surface area (Å²) in [5.41, 5.74) is 1.95. The molecule has 2 aromatic rings. The van der Waals surface area contributed by atoms with Crippen molar-refractivity contribution in [3.63, 3.8) is 0 Å². The summed E-state index contributed by atoms with van der Waals surface area (Å²) in [6, 6.07) is 9.50. The molecule has 1 aromatic heterocycles. The van der Waals surface area contributed by atoms with Crippen molar-refractivity contribution in [1.82, 2.24) is 4.98 Å². The maximum absolute atomic E-state index is 6.11. The topological polar surface area (TPSA) is 34.1 Å². The number of nitrogens with one attached hydrogen (secondary N) is 1. The third kappa shape index (κ3) is 3.37. The van der Waals surface area contributed by atoms with Crippen LogP contribution in [0.3, 0.4) is 0 Å². The lowest BCUT2D eigenvalue weighted by Gasteiger charge is -2.08. The lowest BCUT2D eigenvalue weighted by Crippen LogP contribution is -2.00. The summed E-state index contributed by atoms with van der Waals surface area (Å²) < 4.78 is 6.01. The monoisotopic (exact) mass is 326 g/mol. The Labute approximate surface area is 119 Å². The van der Waals surface area contributed by atoms with E-state index >= 15 is 0 Å². The highest BCUT2D eigenvalue weighted by molar-refractivity contribution is 9.10. The minimum absolute atomic E-state index is 0.598. The molecule has 5 heteroatoms. The molecule has 0 aliphatic carbocycles. The summed E-state index contributed by atoms with van der Waals surface area (Å²) in [5.74, 6) is 0.598. The number of benzene rings is 1. The largest absolute Gasteiger partial charge is 0.481 e. The fraction of sp³-hybridized carbons (Fsp3) is 0.154. The maximum Gasteiger partial charge on any atom is 0.213 e. The van der Waals surface area contributed by atoms with Gasteiger partial charge in [0.05, 0.1) is 19.0 Å². The number of methoxy groups -OCH3 is 1. The van der Waals surface area contributed by atoms with E-state index in [9.17, 15) is 0 Å². The molecule has 2 rings (SSSR count). The van der Waals surface area contributed by atoms with Crippen LogP contribution in [-0.4, -0.2) is 12.1 Å². The summed E-state index contributed by atoms with van der Waals surface area (Å²) in [5, 5.41) is 4.00. The molecule has 0 aliphatic heterocycles. The van der Waals surface area contributed by atoms with Crippen molar-refractivity contribution >= 4 is 33.2 Å². The van der Waals surface area contributed by atoms with Crippen molar-refractivity contribution in [1.29, 1.82) is 0 Å². The van der Waals surface area contributed by atoms with Crippen molar-refractivity contribution in [3.05, 3.63) is 51.6 Å². The lowest BCUT2D eigenvalue weighted by molar-refractivity contribution is 0.398. The highest BCUT2D eigenvalue weighted by Crippen LogP contribution is 2.22.